The highest BCUT2D eigenvalue weighted by atomic mass is 127. The quantitative estimate of drug-likeness (QED) is 0.138. The molecule has 6 nitrogen and oxygen atoms in total. The van der Waals surface area contributed by atoms with Crippen molar-refractivity contribution in [3.8, 4) is 11.5 Å². The highest BCUT2D eigenvalue weighted by Gasteiger charge is 2.34. The summed E-state index contributed by atoms with van der Waals surface area (Å²) in [5.74, 6) is -0.0758. The van der Waals surface area contributed by atoms with Crippen LogP contribution < -0.4 is 19.7 Å². The Kier molecular flexibility index (Phi) is 8.50. The summed E-state index contributed by atoms with van der Waals surface area (Å²) in [6, 6.07) is 17.6. The predicted octanol–water partition coefficient (Wildman–Crippen LogP) is 6.41. The molecule has 1 N–H and O–H groups in total. The first-order valence-corrected chi connectivity index (χ1v) is 13.0. The number of carbonyl (C=O) groups is 2. The van der Waals surface area contributed by atoms with E-state index in [2.05, 4.69) is 27.9 Å². The first-order valence-electron chi connectivity index (χ1n) is 10.8. The Bertz CT molecular complexity index is 1380. The maximum absolute atomic E-state index is 13.3. The van der Waals surface area contributed by atoms with Gasteiger partial charge in [0.2, 0.25) is 0 Å². The van der Waals surface area contributed by atoms with E-state index in [1.54, 1.807) is 42.5 Å². The van der Waals surface area contributed by atoms with Crippen LogP contribution in [0.5, 0.6) is 11.5 Å². The monoisotopic (exact) mass is 652 g/mol. The number of benzene rings is 3. The molecule has 0 spiro atoms. The summed E-state index contributed by atoms with van der Waals surface area (Å²) in [5.41, 5.74) is 1.93. The van der Waals surface area contributed by atoms with Crippen molar-refractivity contribution >= 4 is 86.7 Å². The van der Waals surface area contributed by atoms with Crippen molar-refractivity contribution in [2.75, 3.05) is 11.5 Å². The van der Waals surface area contributed by atoms with Gasteiger partial charge >= 0.3 is 0 Å². The summed E-state index contributed by atoms with van der Waals surface area (Å²) in [6.07, 6.45) is 1.50. The van der Waals surface area contributed by atoms with E-state index >= 15 is 0 Å². The van der Waals surface area contributed by atoms with Gasteiger partial charge in [0, 0.05) is 10.0 Å². The number of nitrogens with one attached hydrogen (secondary N) is 1. The molecule has 0 unspecified atom stereocenters. The van der Waals surface area contributed by atoms with Crippen LogP contribution in [-0.2, 0) is 16.2 Å². The highest BCUT2D eigenvalue weighted by molar-refractivity contribution is 14.1. The van der Waals surface area contributed by atoms with Crippen molar-refractivity contribution in [3.63, 3.8) is 0 Å². The normalized spacial score (nSPS) is 14.7. The molecule has 0 bridgehead atoms. The average Bonchev–Trinajstić information content (AvgIpc) is 2.82. The Morgan fingerprint density at radius 2 is 1.78 bits per heavy atom. The van der Waals surface area contributed by atoms with E-state index in [-0.39, 0.29) is 10.7 Å². The summed E-state index contributed by atoms with van der Waals surface area (Å²) >= 11 is 19.4. The van der Waals surface area contributed by atoms with Gasteiger partial charge in [0.05, 0.1) is 15.9 Å². The molecule has 36 heavy (non-hydrogen) atoms. The van der Waals surface area contributed by atoms with E-state index < -0.39 is 11.8 Å². The fourth-order valence-corrected chi connectivity index (χ4v) is 4.86. The van der Waals surface area contributed by atoms with Gasteiger partial charge in [0.1, 0.15) is 12.2 Å². The Hall–Kier alpha value is -2.66. The van der Waals surface area contributed by atoms with Gasteiger partial charge in [-0.15, -0.1) is 0 Å². The van der Waals surface area contributed by atoms with Gasteiger partial charge in [-0.2, -0.15) is 0 Å². The molecular weight excluding hydrogens is 634 g/mol. The Balaban J connectivity index is 1.66. The topological polar surface area (TPSA) is 67.9 Å². The van der Waals surface area contributed by atoms with Gasteiger partial charge < -0.3 is 9.47 Å². The van der Waals surface area contributed by atoms with Crippen molar-refractivity contribution in [2.24, 2.45) is 0 Å². The zero-order chi connectivity index (χ0) is 25.8. The number of carbonyl (C=O) groups excluding carboxylic acids is 2. The third kappa shape index (κ3) is 6.00. The Morgan fingerprint density at radius 1 is 1.03 bits per heavy atom. The molecule has 1 heterocycles. The number of ether oxygens (including phenoxy) is 2. The molecule has 0 saturated carbocycles. The number of nitrogens with zero attached hydrogens (tertiary/aromatic N) is 1. The number of rotatable bonds is 7. The fraction of sp³-hybridized carbons (Fsp3) is 0.115. The van der Waals surface area contributed by atoms with Crippen LogP contribution in [0.15, 0.2) is 66.2 Å². The lowest BCUT2D eigenvalue weighted by molar-refractivity contribution is -0.122. The lowest BCUT2D eigenvalue weighted by Gasteiger charge is -2.29. The summed E-state index contributed by atoms with van der Waals surface area (Å²) < 4.78 is 12.6. The van der Waals surface area contributed by atoms with E-state index in [9.17, 15) is 9.59 Å². The molecule has 3 aromatic carbocycles. The zero-order valence-electron chi connectivity index (χ0n) is 18.9. The van der Waals surface area contributed by atoms with E-state index in [4.69, 9.17) is 44.9 Å². The third-order valence-electron chi connectivity index (χ3n) is 5.11. The third-order valence-corrected chi connectivity index (χ3v) is 6.68. The van der Waals surface area contributed by atoms with Crippen molar-refractivity contribution < 1.29 is 19.1 Å². The predicted molar refractivity (Wildman–Crippen MR) is 154 cm³/mol. The Morgan fingerprint density at radius 3 is 2.47 bits per heavy atom. The maximum Gasteiger partial charge on any atom is 0.270 e. The van der Waals surface area contributed by atoms with Gasteiger partial charge in [-0.1, -0.05) is 41.4 Å². The number of hydrogen-bond donors (Lipinski definition) is 1. The van der Waals surface area contributed by atoms with Crippen molar-refractivity contribution in [2.45, 2.75) is 13.5 Å². The van der Waals surface area contributed by atoms with Crippen LogP contribution in [0.2, 0.25) is 10.0 Å². The average molecular weight is 653 g/mol. The van der Waals surface area contributed by atoms with Gasteiger partial charge in [0.15, 0.2) is 16.6 Å². The van der Waals surface area contributed by atoms with Crippen molar-refractivity contribution in [1.29, 1.82) is 0 Å². The SMILES string of the molecule is CCOc1cc(/C=C2\C(=O)NC(=S)N(c3cccc(Cl)c3)C2=O)cc(I)c1OCc1ccc(Cl)cc1. The second-order valence-corrected chi connectivity index (χ2v) is 10.0. The molecule has 0 aliphatic carbocycles. The molecule has 10 heteroatoms. The number of thiocarbonyl (C=S) groups is 1. The van der Waals surface area contributed by atoms with Crippen molar-refractivity contribution in [1.82, 2.24) is 5.32 Å². The lowest BCUT2D eigenvalue weighted by atomic mass is 10.1. The number of hydrogen-bond acceptors (Lipinski definition) is 5. The molecule has 1 fully saturated rings. The molecular formula is C26H19Cl2IN2O4S. The minimum absolute atomic E-state index is 0.0139. The summed E-state index contributed by atoms with van der Waals surface area (Å²) in [6.45, 7) is 2.59. The van der Waals surface area contributed by atoms with Crippen LogP contribution in [0.4, 0.5) is 5.69 Å². The highest BCUT2D eigenvalue weighted by Crippen LogP contribution is 2.36. The molecule has 1 aliphatic heterocycles. The zero-order valence-corrected chi connectivity index (χ0v) is 23.4. The molecule has 0 radical (unpaired) electrons. The van der Waals surface area contributed by atoms with Crippen molar-refractivity contribution in [3.05, 3.63) is 91.0 Å². The van der Waals surface area contributed by atoms with Crippen LogP contribution in [0.25, 0.3) is 6.08 Å². The molecule has 1 saturated heterocycles. The maximum atomic E-state index is 13.3. The first kappa shape index (κ1) is 26.4. The molecule has 2 amide bonds. The van der Waals surface area contributed by atoms with Crippen LogP contribution in [0.1, 0.15) is 18.1 Å². The van der Waals surface area contributed by atoms with Crippen LogP contribution >= 0.6 is 58.0 Å². The molecule has 0 aromatic heterocycles. The van der Waals surface area contributed by atoms with Gasteiger partial charge in [-0.05, 0) is 101 Å². The molecule has 3 aromatic rings. The van der Waals surface area contributed by atoms with E-state index in [1.165, 1.54) is 11.0 Å². The standard InChI is InChI=1S/C26H19Cl2IN2O4S/c1-2-34-22-12-16(11-21(29)23(22)35-14-15-6-8-17(27)9-7-15)10-20-24(32)30-26(36)31(25(20)33)19-5-3-4-18(28)13-19/h3-13H,2,14H2,1H3,(H,30,32,36)/b20-10+. The van der Waals surface area contributed by atoms with E-state index in [0.717, 1.165) is 9.13 Å². The second kappa shape index (κ2) is 11.6. The number of anilines is 1. The Labute approximate surface area is 237 Å². The number of amides is 2. The molecule has 184 valence electrons. The van der Waals surface area contributed by atoms with Gasteiger partial charge in [-0.3, -0.25) is 19.8 Å². The molecule has 4 rings (SSSR count). The van der Waals surface area contributed by atoms with E-state index in [0.29, 0.717) is 46.0 Å². The van der Waals surface area contributed by atoms with Gasteiger partial charge in [0.25, 0.3) is 11.8 Å². The van der Waals surface area contributed by atoms with E-state index in [1.807, 2.05) is 25.1 Å². The van der Waals surface area contributed by atoms with Crippen LogP contribution in [-0.4, -0.2) is 23.5 Å². The molecule has 0 atom stereocenters. The fourth-order valence-electron chi connectivity index (χ4n) is 3.48. The summed E-state index contributed by atoms with van der Waals surface area (Å²) in [4.78, 5) is 27.3. The minimum atomic E-state index is -0.584. The molecule has 1 aliphatic rings. The van der Waals surface area contributed by atoms with Gasteiger partial charge in [-0.25, -0.2) is 0 Å². The minimum Gasteiger partial charge on any atom is -0.490 e. The smallest absolute Gasteiger partial charge is 0.270 e. The first-order chi connectivity index (χ1) is 17.3. The van der Waals surface area contributed by atoms with Crippen LogP contribution in [0.3, 0.4) is 0 Å². The summed E-state index contributed by atoms with van der Waals surface area (Å²) in [5, 5.41) is 3.65. The lowest BCUT2D eigenvalue weighted by Crippen LogP contribution is -2.54. The largest absolute Gasteiger partial charge is 0.490 e. The summed E-state index contributed by atoms with van der Waals surface area (Å²) in [7, 11) is 0. The number of halogens is 3. The van der Waals surface area contributed by atoms with Crippen LogP contribution in [0, 0.1) is 3.57 Å². The second-order valence-electron chi connectivity index (χ2n) is 7.62.